The molecule has 0 aliphatic heterocycles. The molecule has 5 aromatic rings. The van der Waals surface area contributed by atoms with Crippen LogP contribution < -0.4 is 0 Å². The lowest BCUT2D eigenvalue weighted by atomic mass is 9.82. The number of hydrogen-bond donors (Lipinski definition) is 0. The average molecular weight is 438 g/mol. The molecule has 0 amide bonds. The number of nitrogens with zero attached hydrogens (tertiary/aromatic N) is 1. The van der Waals surface area contributed by atoms with E-state index in [9.17, 15) is 0 Å². The number of rotatable bonds is 1. The maximum Gasteiger partial charge on any atom is 0.0552 e. The SMILES string of the molecule is CC1(C)c2ccccc2-c2cc3c4ccc(Br)cc4n(-c4ccccc4)c3cc21. The highest BCUT2D eigenvalue weighted by molar-refractivity contribution is 9.10. The molecule has 6 rings (SSSR count). The summed E-state index contributed by atoms with van der Waals surface area (Å²) in [5.41, 5.74) is 9.25. The van der Waals surface area contributed by atoms with Crippen molar-refractivity contribution in [1.29, 1.82) is 0 Å². The maximum atomic E-state index is 3.68. The van der Waals surface area contributed by atoms with Crippen LogP contribution in [0, 0.1) is 0 Å². The third kappa shape index (κ3) is 2.27. The molecule has 0 radical (unpaired) electrons. The Bertz CT molecular complexity index is 1420. The van der Waals surface area contributed by atoms with Crippen LogP contribution in [0.15, 0.2) is 89.4 Å². The van der Waals surface area contributed by atoms with E-state index >= 15 is 0 Å². The van der Waals surface area contributed by atoms with Crippen molar-refractivity contribution in [1.82, 2.24) is 4.57 Å². The Kier molecular flexibility index (Phi) is 3.43. The molecule has 1 nitrogen and oxygen atoms in total. The molecule has 1 heterocycles. The zero-order valence-corrected chi connectivity index (χ0v) is 18.0. The number of para-hydroxylation sites is 1. The smallest absolute Gasteiger partial charge is 0.0552 e. The van der Waals surface area contributed by atoms with Crippen LogP contribution in [0.4, 0.5) is 0 Å². The number of halogens is 1. The Hall–Kier alpha value is -2.84. The van der Waals surface area contributed by atoms with Gasteiger partial charge in [0.25, 0.3) is 0 Å². The fraction of sp³-hybridized carbons (Fsp3) is 0.111. The third-order valence-electron chi connectivity index (χ3n) is 6.45. The van der Waals surface area contributed by atoms with Crippen molar-refractivity contribution < 1.29 is 0 Å². The van der Waals surface area contributed by atoms with Crippen LogP contribution in [0.1, 0.15) is 25.0 Å². The standard InChI is InChI=1S/C27H20BrN/c1-27(2)23-11-7-6-10-19(23)21-15-22-20-13-12-17(28)14-25(20)29(26(22)16-24(21)27)18-8-4-3-5-9-18/h3-16H,1-2H3. The predicted octanol–water partition coefficient (Wildman–Crippen LogP) is 7.85. The van der Waals surface area contributed by atoms with E-state index in [4.69, 9.17) is 0 Å². The molecule has 0 N–H and O–H groups in total. The van der Waals surface area contributed by atoms with E-state index < -0.39 is 0 Å². The lowest BCUT2D eigenvalue weighted by molar-refractivity contribution is 0.661. The van der Waals surface area contributed by atoms with Gasteiger partial charge in [-0.15, -0.1) is 0 Å². The van der Waals surface area contributed by atoms with Crippen LogP contribution in [-0.2, 0) is 5.41 Å². The first kappa shape index (κ1) is 17.1. The molecule has 0 fully saturated rings. The van der Waals surface area contributed by atoms with Crippen LogP contribution >= 0.6 is 15.9 Å². The average Bonchev–Trinajstić information content (AvgIpc) is 3.16. The first-order chi connectivity index (χ1) is 14.1. The second-order valence-corrected chi connectivity index (χ2v) is 9.33. The van der Waals surface area contributed by atoms with Gasteiger partial charge in [0, 0.05) is 26.3 Å². The summed E-state index contributed by atoms with van der Waals surface area (Å²) in [5.74, 6) is 0. The van der Waals surface area contributed by atoms with Crippen molar-refractivity contribution in [3.8, 4) is 16.8 Å². The Morgan fingerprint density at radius 1 is 0.655 bits per heavy atom. The van der Waals surface area contributed by atoms with Crippen molar-refractivity contribution in [3.63, 3.8) is 0 Å². The van der Waals surface area contributed by atoms with Gasteiger partial charge in [-0.05, 0) is 58.7 Å². The highest BCUT2D eigenvalue weighted by Crippen LogP contribution is 2.50. The quantitative estimate of drug-likeness (QED) is 0.251. The van der Waals surface area contributed by atoms with Crippen LogP contribution in [0.3, 0.4) is 0 Å². The van der Waals surface area contributed by atoms with Gasteiger partial charge < -0.3 is 4.57 Å². The van der Waals surface area contributed by atoms with E-state index in [-0.39, 0.29) is 5.41 Å². The highest BCUT2D eigenvalue weighted by atomic mass is 79.9. The lowest BCUT2D eigenvalue weighted by Gasteiger charge is -2.21. The Labute approximate surface area is 178 Å². The summed E-state index contributed by atoms with van der Waals surface area (Å²) in [6, 6.07) is 31.0. The van der Waals surface area contributed by atoms with E-state index in [1.807, 2.05) is 0 Å². The highest BCUT2D eigenvalue weighted by Gasteiger charge is 2.36. The van der Waals surface area contributed by atoms with E-state index in [0.29, 0.717) is 0 Å². The monoisotopic (exact) mass is 437 g/mol. The van der Waals surface area contributed by atoms with Crippen molar-refractivity contribution in [2.45, 2.75) is 19.3 Å². The number of benzene rings is 4. The van der Waals surface area contributed by atoms with Crippen molar-refractivity contribution in [2.75, 3.05) is 0 Å². The first-order valence-electron chi connectivity index (χ1n) is 9.99. The number of fused-ring (bicyclic) bond motifs is 6. The first-order valence-corrected chi connectivity index (χ1v) is 10.8. The zero-order chi connectivity index (χ0) is 19.8. The normalized spacial score (nSPS) is 14.3. The van der Waals surface area contributed by atoms with Crippen molar-refractivity contribution >= 4 is 37.7 Å². The molecule has 1 aliphatic carbocycles. The summed E-state index contributed by atoms with van der Waals surface area (Å²) < 4.78 is 3.50. The summed E-state index contributed by atoms with van der Waals surface area (Å²) in [4.78, 5) is 0. The predicted molar refractivity (Wildman–Crippen MR) is 126 cm³/mol. The molecule has 0 bridgehead atoms. The Morgan fingerprint density at radius 3 is 2.21 bits per heavy atom. The minimum absolute atomic E-state index is 0.00132. The molecular weight excluding hydrogens is 418 g/mol. The summed E-state index contributed by atoms with van der Waals surface area (Å²) in [5, 5.41) is 2.60. The Balaban J connectivity index is 1.80. The van der Waals surface area contributed by atoms with E-state index in [0.717, 1.165) is 4.47 Å². The molecular formula is C27H20BrN. The van der Waals surface area contributed by atoms with Crippen LogP contribution in [0.2, 0.25) is 0 Å². The molecule has 0 saturated heterocycles. The van der Waals surface area contributed by atoms with Gasteiger partial charge >= 0.3 is 0 Å². The second kappa shape index (κ2) is 5.84. The van der Waals surface area contributed by atoms with Crippen molar-refractivity contribution in [3.05, 3.63) is 101 Å². The van der Waals surface area contributed by atoms with Gasteiger partial charge in [0.2, 0.25) is 0 Å². The summed E-state index contributed by atoms with van der Waals surface area (Å²) in [6.45, 7) is 4.69. The van der Waals surface area contributed by atoms with Crippen LogP contribution in [0.5, 0.6) is 0 Å². The van der Waals surface area contributed by atoms with Gasteiger partial charge in [0.15, 0.2) is 0 Å². The molecule has 0 atom stereocenters. The fourth-order valence-electron chi connectivity index (χ4n) is 5.04. The van der Waals surface area contributed by atoms with Gasteiger partial charge in [0.05, 0.1) is 11.0 Å². The fourth-order valence-corrected chi connectivity index (χ4v) is 5.39. The van der Waals surface area contributed by atoms with E-state index in [1.54, 1.807) is 0 Å². The molecule has 29 heavy (non-hydrogen) atoms. The minimum Gasteiger partial charge on any atom is -0.309 e. The van der Waals surface area contributed by atoms with Gasteiger partial charge in [-0.2, -0.15) is 0 Å². The van der Waals surface area contributed by atoms with Crippen LogP contribution in [-0.4, -0.2) is 4.57 Å². The van der Waals surface area contributed by atoms with Gasteiger partial charge in [-0.3, -0.25) is 0 Å². The zero-order valence-electron chi connectivity index (χ0n) is 16.4. The molecule has 4 aromatic carbocycles. The maximum absolute atomic E-state index is 3.68. The van der Waals surface area contributed by atoms with Crippen LogP contribution in [0.25, 0.3) is 38.6 Å². The van der Waals surface area contributed by atoms with Gasteiger partial charge in [-0.1, -0.05) is 78.3 Å². The Morgan fingerprint density at radius 2 is 1.38 bits per heavy atom. The molecule has 0 spiro atoms. The molecule has 1 aromatic heterocycles. The van der Waals surface area contributed by atoms with Gasteiger partial charge in [-0.25, -0.2) is 0 Å². The lowest BCUT2D eigenvalue weighted by Crippen LogP contribution is -2.14. The van der Waals surface area contributed by atoms with Crippen molar-refractivity contribution in [2.24, 2.45) is 0 Å². The second-order valence-electron chi connectivity index (χ2n) is 8.42. The largest absolute Gasteiger partial charge is 0.309 e. The van der Waals surface area contributed by atoms with Gasteiger partial charge in [0.1, 0.15) is 0 Å². The van der Waals surface area contributed by atoms with E-state index in [1.165, 1.54) is 49.7 Å². The molecule has 1 aliphatic rings. The molecule has 0 unspecified atom stereocenters. The number of aromatic nitrogens is 1. The summed E-state index contributed by atoms with van der Waals surface area (Å²) >= 11 is 3.68. The molecule has 140 valence electrons. The minimum atomic E-state index is -0.00132. The topological polar surface area (TPSA) is 4.93 Å². The molecule has 0 saturated carbocycles. The third-order valence-corrected chi connectivity index (χ3v) is 6.94. The van der Waals surface area contributed by atoms with E-state index in [2.05, 4.69) is 119 Å². The summed E-state index contributed by atoms with van der Waals surface area (Å²) in [6.07, 6.45) is 0. The molecule has 2 heteroatoms. The number of hydrogen-bond acceptors (Lipinski definition) is 0. The summed E-state index contributed by atoms with van der Waals surface area (Å²) in [7, 11) is 0.